The fourth-order valence-corrected chi connectivity index (χ4v) is 2.63. The zero-order valence-electron chi connectivity index (χ0n) is 13.3. The highest BCUT2D eigenvalue weighted by molar-refractivity contribution is 5.75. The quantitative estimate of drug-likeness (QED) is 0.824. The summed E-state index contributed by atoms with van der Waals surface area (Å²) in [5.41, 5.74) is -0.157. The first-order chi connectivity index (χ1) is 8.87. The van der Waals surface area contributed by atoms with Crippen molar-refractivity contribution in [3.05, 3.63) is 0 Å². The first-order valence-electron chi connectivity index (χ1n) is 7.67. The molecule has 0 aromatic rings. The molecule has 0 bridgehead atoms. The first kappa shape index (κ1) is 16.3. The third kappa shape index (κ3) is 5.39. The lowest BCUT2D eigenvalue weighted by Gasteiger charge is -2.39. The third-order valence-corrected chi connectivity index (χ3v) is 3.68. The van der Waals surface area contributed by atoms with Gasteiger partial charge in [0, 0.05) is 24.7 Å². The van der Waals surface area contributed by atoms with Crippen molar-refractivity contribution in [2.24, 2.45) is 5.92 Å². The second-order valence-electron chi connectivity index (χ2n) is 6.64. The van der Waals surface area contributed by atoms with Crippen LogP contribution in [0.1, 0.15) is 53.9 Å². The molecule has 1 aliphatic heterocycles. The van der Waals surface area contributed by atoms with Crippen LogP contribution in [0, 0.1) is 5.92 Å². The highest BCUT2D eigenvalue weighted by Gasteiger charge is 2.30. The Labute approximate surface area is 118 Å². The van der Waals surface area contributed by atoms with E-state index in [0.29, 0.717) is 12.0 Å². The first-order valence-corrected chi connectivity index (χ1v) is 7.67. The van der Waals surface area contributed by atoms with Crippen molar-refractivity contribution in [2.45, 2.75) is 65.5 Å². The Morgan fingerprint density at radius 3 is 2.53 bits per heavy atom. The van der Waals surface area contributed by atoms with Gasteiger partial charge < -0.3 is 15.5 Å². The molecule has 0 aliphatic carbocycles. The second kappa shape index (κ2) is 7.13. The molecular formula is C15H31N3O. The molecule has 1 aliphatic rings. The smallest absolute Gasteiger partial charge is 0.317 e. The molecule has 2 amide bonds. The van der Waals surface area contributed by atoms with Crippen LogP contribution in [0.3, 0.4) is 0 Å². The van der Waals surface area contributed by atoms with E-state index < -0.39 is 0 Å². The summed E-state index contributed by atoms with van der Waals surface area (Å²) >= 11 is 0. The lowest BCUT2D eigenvalue weighted by atomic mass is 9.90. The minimum Gasteiger partial charge on any atom is -0.333 e. The number of likely N-dealkylation sites (tertiary alicyclic amines) is 1. The lowest BCUT2D eigenvalue weighted by molar-refractivity contribution is 0.136. The molecule has 4 heteroatoms. The Hall–Kier alpha value is -0.770. The molecule has 0 aromatic heterocycles. The van der Waals surface area contributed by atoms with Gasteiger partial charge in [0.25, 0.3) is 0 Å². The molecule has 1 heterocycles. The van der Waals surface area contributed by atoms with Crippen LogP contribution in [-0.4, -0.2) is 42.1 Å². The normalized spacial score (nSPS) is 24.4. The number of rotatable bonds is 4. The number of urea groups is 1. The summed E-state index contributed by atoms with van der Waals surface area (Å²) < 4.78 is 0. The fourth-order valence-electron chi connectivity index (χ4n) is 2.63. The number of carbonyl (C=O) groups excluding carboxylic acids is 1. The maximum Gasteiger partial charge on any atom is 0.317 e. The Morgan fingerprint density at radius 1 is 1.32 bits per heavy atom. The summed E-state index contributed by atoms with van der Waals surface area (Å²) in [5, 5.41) is 6.68. The van der Waals surface area contributed by atoms with Crippen molar-refractivity contribution in [3.8, 4) is 0 Å². The zero-order chi connectivity index (χ0) is 14.5. The molecule has 1 saturated heterocycles. The van der Waals surface area contributed by atoms with Gasteiger partial charge in [-0.3, -0.25) is 0 Å². The second-order valence-corrected chi connectivity index (χ2v) is 6.64. The van der Waals surface area contributed by atoms with E-state index in [1.807, 2.05) is 25.7 Å². The van der Waals surface area contributed by atoms with E-state index in [4.69, 9.17) is 0 Å². The summed E-state index contributed by atoms with van der Waals surface area (Å²) in [4.78, 5) is 14.2. The molecule has 2 unspecified atom stereocenters. The molecule has 0 aromatic carbocycles. The van der Waals surface area contributed by atoms with Crippen LogP contribution in [0.5, 0.6) is 0 Å². The van der Waals surface area contributed by atoms with E-state index in [1.54, 1.807) is 0 Å². The van der Waals surface area contributed by atoms with Crippen LogP contribution in [0.25, 0.3) is 0 Å². The van der Waals surface area contributed by atoms with Gasteiger partial charge in [-0.15, -0.1) is 0 Å². The van der Waals surface area contributed by atoms with Crippen LogP contribution < -0.4 is 10.6 Å². The molecular weight excluding hydrogens is 238 g/mol. The van der Waals surface area contributed by atoms with E-state index in [0.717, 1.165) is 32.5 Å². The van der Waals surface area contributed by atoms with Crippen molar-refractivity contribution >= 4 is 6.03 Å². The van der Waals surface area contributed by atoms with Crippen molar-refractivity contribution in [1.82, 2.24) is 15.5 Å². The van der Waals surface area contributed by atoms with Gasteiger partial charge in [0.15, 0.2) is 0 Å². The number of piperidine rings is 1. The van der Waals surface area contributed by atoms with E-state index in [2.05, 4.69) is 24.5 Å². The molecule has 2 atom stereocenters. The van der Waals surface area contributed by atoms with Crippen molar-refractivity contribution in [1.29, 1.82) is 0 Å². The minimum atomic E-state index is -0.157. The van der Waals surface area contributed by atoms with Crippen LogP contribution in [-0.2, 0) is 0 Å². The summed E-state index contributed by atoms with van der Waals surface area (Å²) in [6, 6.07) is 0.656. The number of nitrogens with one attached hydrogen (secondary N) is 2. The SMILES string of the molecule is CCCNC1CCN(C(=O)NC(C)(C)C)CC1CC. The number of carbonyl (C=O) groups is 1. The number of hydrogen-bond donors (Lipinski definition) is 2. The van der Waals surface area contributed by atoms with Gasteiger partial charge >= 0.3 is 6.03 Å². The molecule has 4 nitrogen and oxygen atoms in total. The Balaban J connectivity index is 2.51. The van der Waals surface area contributed by atoms with Crippen LogP contribution in [0.2, 0.25) is 0 Å². The van der Waals surface area contributed by atoms with Gasteiger partial charge in [-0.25, -0.2) is 4.79 Å². The molecule has 1 fully saturated rings. The Morgan fingerprint density at radius 2 is 2.00 bits per heavy atom. The molecule has 19 heavy (non-hydrogen) atoms. The van der Waals surface area contributed by atoms with Gasteiger partial charge in [-0.05, 0) is 46.1 Å². The number of amides is 2. The highest BCUT2D eigenvalue weighted by atomic mass is 16.2. The van der Waals surface area contributed by atoms with E-state index in [-0.39, 0.29) is 11.6 Å². The average molecular weight is 269 g/mol. The van der Waals surface area contributed by atoms with Gasteiger partial charge in [0.2, 0.25) is 0 Å². The summed E-state index contributed by atoms with van der Waals surface area (Å²) in [7, 11) is 0. The third-order valence-electron chi connectivity index (χ3n) is 3.68. The predicted molar refractivity (Wildman–Crippen MR) is 80.3 cm³/mol. The molecule has 112 valence electrons. The average Bonchev–Trinajstić information content (AvgIpc) is 2.34. The van der Waals surface area contributed by atoms with Crippen molar-refractivity contribution in [2.75, 3.05) is 19.6 Å². The number of nitrogens with zero attached hydrogens (tertiary/aromatic N) is 1. The summed E-state index contributed by atoms with van der Waals surface area (Å²) in [5.74, 6) is 0.575. The standard InChI is InChI=1S/C15H31N3O/c1-6-9-16-13-8-10-18(11-12(13)7-2)14(19)17-15(3,4)5/h12-13,16H,6-11H2,1-5H3,(H,17,19). The van der Waals surface area contributed by atoms with E-state index in [1.165, 1.54) is 6.42 Å². The molecule has 0 saturated carbocycles. The van der Waals surface area contributed by atoms with Crippen LogP contribution in [0.15, 0.2) is 0 Å². The largest absolute Gasteiger partial charge is 0.333 e. The van der Waals surface area contributed by atoms with Crippen LogP contribution in [0.4, 0.5) is 4.79 Å². The topological polar surface area (TPSA) is 44.4 Å². The van der Waals surface area contributed by atoms with E-state index >= 15 is 0 Å². The summed E-state index contributed by atoms with van der Waals surface area (Å²) in [6.07, 6.45) is 3.36. The number of hydrogen-bond acceptors (Lipinski definition) is 2. The Bertz CT molecular complexity index is 286. The van der Waals surface area contributed by atoms with Gasteiger partial charge in [-0.1, -0.05) is 20.3 Å². The fraction of sp³-hybridized carbons (Fsp3) is 0.933. The Kier molecular flexibility index (Phi) is 6.11. The highest BCUT2D eigenvalue weighted by Crippen LogP contribution is 2.20. The summed E-state index contributed by atoms with van der Waals surface area (Å²) in [6.45, 7) is 13.3. The monoisotopic (exact) mass is 269 g/mol. The minimum absolute atomic E-state index is 0.0832. The lowest BCUT2D eigenvalue weighted by Crippen LogP contribution is -2.55. The maximum atomic E-state index is 12.2. The van der Waals surface area contributed by atoms with Crippen molar-refractivity contribution < 1.29 is 4.79 Å². The van der Waals surface area contributed by atoms with Crippen LogP contribution >= 0.6 is 0 Å². The van der Waals surface area contributed by atoms with Gasteiger partial charge in [0.05, 0.1) is 0 Å². The zero-order valence-corrected chi connectivity index (χ0v) is 13.3. The molecule has 0 radical (unpaired) electrons. The maximum absolute atomic E-state index is 12.2. The molecule has 1 rings (SSSR count). The van der Waals surface area contributed by atoms with E-state index in [9.17, 15) is 4.79 Å². The van der Waals surface area contributed by atoms with Gasteiger partial charge in [0.1, 0.15) is 0 Å². The molecule has 0 spiro atoms. The van der Waals surface area contributed by atoms with Crippen molar-refractivity contribution in [3.63, 3.8) is 0 Å². The molecule has 2 N–H and O–H groups in total. The predicted octanol–water partition coefficient (Wildman–Crippen LogP) is 2.59. The van der Waals surface area contributed by atoms with Gasteiger partial charge in [-0.2, -0.15) is 0 Å².